The molecule has 0 radical (unpaired) electrons. The summed E-state index contributed by atoms with van der Waals surface area (Å²) in [4.78, 5) is 13.8. The highest BCUT2D eigenvalue weighted by Crippen LogP contribution is 2.13. The van der Waals surface area contributed by atoms with Crippen molar-refractivity contribution < 1.29 is 4.74 Å². The van der Waals surface area contributed by atoms with E-state index in [9.17, 15) is 0 Å². The average Bonchev–Trinajstić information content (AvgIpc) is 2.96. The lowest BCUT2D eigenvalue weighted by Crippen LogP contribution is -2.10. The monoisotopic (exact) mass is 279 g/mol. The van der Waals surface area contributed by atoms with E-state index in [1.54, 1.807) is 18.4 Å². The summed E-state index contributed by atoms with van der Waals surface area (Å²) in [6.45, 7) is 3.59. The smallest absolute Gasteiger partial charge is 0.322 e. The minimum absolute atomic E-state index is 0.308. The molecule has 0 atom stereocenters. The molecule has 0 unspecified atom stereocenters. The first-order valence-corrected chi connectivity index (χ1v) is 7.00. The van der Waals surface area contributed by atoms with Crippen LogP contribution in [0.1, 0.15) is 18.2 Å². The van der Waals surface area contributed by atoms with E-state index in [0.29, 0.717) is 24.5 Å². The van der Waals surface area contributed by atoms with Crippen LogP contribution in [0.5, 0.6) is 6.01 Å². The molecule has 0 saturated heterocycles. The molecule has 0 spiro atoms. The van der Waals surface area contributed by atoms with Crippen LogP contribution >= 0.6 is 11.3 Å². The van der Waals surface area contributed by atoms with Gasteiger partial charge in [0.05, 0.1) is 13.7 Å². The second-order valence-electron chi connectivity index (χ2n) is 3.83. The number of nitrogens with one attached hydrogen (secondary N) is 2. The van der Waals surface area contributed by atoms with E-state index < -0.39 is 0 Å². The lowest BCUT2D eigenvalue weighted by atomic mass is 10.5. The van der Waals surface area contributed by atoms with Crippen LogP contribution in [0.3, 0.4) is 0 Å². The Kier molecular flexibility index (Phi) is 4.91. The van der Waals surface area contributed by atoms with Crippen LogP contribution in [-0.2, 0) is 6.54 Å². The van der Waals surface area contributed by atoms with Crippen molar-refractivity contribution in [3.63, 3.8) is 0 Å². The standard InChI is InChI=1S/C12H17N5OS/c1-3-6-13-10-15-11(17-12(16-10)18-2)14-8-9-5-4-7-19-9/h4-5,7H,3,6,8H2,1-2H3,(H2,13,14,15,16,17). The Labute approximate surface area is 116 Å². The molecule has 0 aromatic carbocycles. The molecular weight excluding hydrogens is 262 g/mol. The molecule has 6 nitrogen and oxygen atoms in total. The first-order valence-electron chi connectivity index (χ1n) is 6.12. The Bertz CT molecular complexity index is 503. The van der Waals surface area contributed by atoms with Crippen LogP contribution in [0.4, 0.5) is 11.9 Å². The summed E-state index contributed by atoms with van der Waals surface area (Å²) in [6, 6.07) is 4.39. The Hall–Kier alpha value is -1.89. The summed E-state index contributed by atoms with van der Waals surface area (Å²) >= 11 is 1.69. The Balaban J connectivity index is 2.05. The van der Waals surface area contributed by atoms with Crippen LogP contribution in [0.15, 0.2) is 17.5 Å². The molecule has 0 fully saturated rings. The molecule has 2 heterocycles. The van der Waals surface area contributed by atoms with Gasteiger partial charge in [-0.25, -0.2) is 0 Å². The predicted molar refractivity (Wildman–Crippen MR) is 76.8 cm³/mol. The molecule has 2 aromatic heterocycles. The number of aromatic nitrogens is 3. The van der Waals surface area contributed by atoms with Crippen LogP contribution in [0.2, 0.25) is 0 Å². The molecule has 2 N–H and O–H groups in total. The van der Waals surface area contributed by atoms with Gasteiger partial charge in [0.1, 0.15) is 0 Å². The molecule has 0 bridgehead atoms. The van der Waals surface area contributed by atoms with E-state index in [2.05, 4.69) is 38.6 Å². The lowest BCUT2D eigenvalue weighted by Gasteiger charge is -2.08. The quantitative estimate of drug-likeness (QED) is 0.810. The normalized spacial score (nSPS) is 10.2. The summed E-state index contributed by atoms with van der Waals surface area (Å²) in [6.07, 6.45) is 1.01. The summed E-state index contributed by atoms with van der Waals surface area (Å²) in [7, 11) is 1.54. The zero-order valence-electron chi connectivity index (χ0n) is 11.0. The highest BCUT2D eigenvalue weighted by atomic mass is 32.1. The van der Waals surface area contributed by atoms with Crippen molar-refractivity contribution in [2.24, 2.45) is 0 Å². The fourth-order valence-corrected chi connectivity index (χ4v) is 2.07. The van der Waals surface area contributed by atoms with Gasteiger partial charge >= 0.3 is 6.01 Å². The summed E-state index contributed by atoms with van der Waals surface area (Å²) in [5, 5.41) is 8.33. The van der Waals surface area contributed by atoms with Crippen molar-refractivity contribution >= 4 is 23.2 Å². The van der Waals surface area contributed by atoms with E-state index in [1.807, 2.05) is 11.4 Å². The Morgan fingerprint density at radius 3 is 2.63 bits per heavy atom. The third-order valence-electron chi connectivity index (χ3n) is 2.33. The maximum Gasteiger partial charge on any atom is 0.322 e. The number of hydrogen-bond donors (Lipinski definition) is 2. The molecule has 0 saturated carbocycles. The number of hydrogen-bond acceptors (Lipinski definition) is 7. The number of thiophene rings is 1. The second kappa shape index (κ2) is 6.89. The van der Waals surface area contributed by atoms with Crippen molar-refractivity contribution in [3.8, 4) is 6.01 Å². The lowest BCUT2D eigenvalue weighted by molar-refractivity contribution is 0.379. The maximum absolute atomic E-state index is 5.07. The van der Waals surface area contributed by atoms with E-state index in [0.717, 1.165) is 13.0 Å². The molecule has 2 aromatic rings. The first kappa shape index (κ1) is 13.5. The zero-order chi connectivity index (χ0) is 13.5. The summed E-state index contributed by atoms with van der Waals surface area (Å²) in [5.41, 5.74) is 0. The highest BCUT2D eigenvalue weighted by Gasteiger charge is 2.06. The zero-order valence-corrected chi connectivity index (χ0v) is 11.8. The van der Waals surface area contributed by atoms with Gasteiger partial charge in [-0.1, -0.05) is 13.0 Å². The van der Waals surface area contributed by atoms with E-state index in [1.165, 1.54) is 4.88 Å². The van der Waals surface area contributed by atoms with Crippen LogP contribution in [0.25, 0.3) is 0 Å². The van der Waals surface area contributed by atoms with Gasteiger partial charge in [0, 0.05) is 11.4 Å². The largest absolute Gasteiger partial charge is 0.467 e. The fraction of sp³-hybridized carbons (Fsp3) is 0.417. The molecular formula is C12H17N5OS. The molecule has 102 valence electrons. The third-order valence-corrected chi connectivity index (χ3v) is 3.21. The summed E-state index contributed by atoms with van der Waals surface area (Å²) < 4.78 is 5.07. The first-order chi connectivity index (χ1) is 9.31. The van der Waals surface area contributed by atoms with Gasteiger partial charge < -0.3 is 15.4 Å². The fourth-order valence-electron chi connectivity index (χ4n) is 1.42. The van der Waals surface area contributed by atoms with Crippen molar-refractivity contribution in [1.29, 1.82) is 0 Å². The molecule has 7 heteroatoms. The van der Waals surface area contributed by atoms with Crippen molar-refractivity contribution in [1.82, 2.24) is 15.0 Å². The topological polar surface area (TPSA) is 72.0 Å². The van der Waals surface area contributed by atoms with Crippen LogP contribution < -0.4 is 15.4 Å². The summed E-state index contributed by atoms with van der Waals surface area (Å²) in [5.74, 6) is 1.04. The number of nitrogens with zero attached hydrogens (tertiary/aromatic N) is 3. The van der Waals surface area contributed by atoms with Gasteiger partial charge in [-0.2, -0.15) is 15.0 Å². The van der Waals surface area contributed by atoms with Gasteiger partial charge in [-0.3, -0.25) is 0 Å². The predicted octanol–water partition coefficient (Wildman–Crippen LogP) is 2.38. The number of methoxy groups -OCH3 is 1. The van der Waals surface area contributed by atoms with Gasteiger partial charge in [0.15, 0.2) is 0 Å². The number of ether oxygens (including phenoxy) is 1. The van der Waals surface area contributed by atoms with Gasteiger partial charge in [0.2, 0.25) is 11.9 Å². The molecule has 2 rings (SSSR count). The highest BCUT2D eigenvalue weighted by molar-refractivity contribution is 7.09. The number of rotatable bonds is 7. The Morgan fingerprint density at radius 2 is 2.00 bits per heavy atom. The molecule has 0 aliphatic heterocycles. The number of anilines is 2. The van der Waals surface area contributed by atoms with Crippen molar-refractivity contribution in [2.45, 2.75) is 19.9 Å². The molecule has 19 heavy (non-hydrogen) atoms. The van der Waals surface area contributed by atoms with Crippen LogP contribution in [-0.4, -0.2) is 28.6 Å². The maximum atomic E-state index is 5.07. The van der Waals surface area contributed by atoms with E-state index in [4.69, 9.17) is 4.74 Å². The van der Waals surface area contributed by atoms with Crippen LogP contribution in [0, 0.1) is 0 Å². The Morgan fingerprint density at radius 1 is 1.21 bits per heavy atom. The van der Waals surface area contributed by atoms with E-state index >= 15 is 0 Å². The molecule has 0 aliphatic rings. The second-order valence-corrected chi connectivity index (χ2v) is 4.86. The molecule has 0 amide bonds. The average molecular weight is 279 g/mol. The van der Waals surface area contributed by atoms with E-state index in [-0.39, 0.29) is 0 Å². The van der Waals surface area contributed by atoms with Gasteiger partial charge in [-0.05, 0) is 17.9 Å². The van der Waals surface area contributed by atoms with Gasteiger partial charge in [-0.15, -0.1) is 11.3 Å². The SMILES string of the molecule is CCCNc1nc(NCc2cccs2)nc(OC)n1. The minimum Gasteiger partial charge on any atom is -0.467 e. The third kappa shape index (κ3) is 4.06. The van der Waals surface area contributed by atoms with Crippen molar-refractivity contribution in [2.75, 3.05) is 24.3 Å². The minimum atomic E-state index is 0.308. The molecule has 0 aliphatic carbocycles. The van der Waals surface area contributed by atoms with Gasteiger partial charge in [0.25, 0.3) is 0 Å². The van der Waals surface area contributed by atoms with Crippen molar-refractivity contribution in [3.05, 3.63) is 22.4 Å².